The van der Waals surface area contributed by atoms with E-state index in [9.17, 15) is 13.2 Å². The summed E-state index contributed by atoms with van der Waals surface area (Å²) in [5.74, 6) is 0. The summed E-state index contributed by atoms with van der Waals surface area (Å²) in [6.07, 6.45) is -0.140. The lowest BCUT2D eigenvalue weighted by molar-refractivity contribution is -0.137. The van der Waals surface area contributed by atoms with Crippen LogP contribution in [-0.4, -0.2) is 4.57 Å². The quantitative estimate of drug-likeness (QED) is 0.749. The molecule has 0 saturated carbocycles. The van der Waals surface area contributed by atoms with Crippen molar-refractivity contribution in [3.05, 3.63) is 53.3 Å². The molecule has 1 nitrogen and oxygen atoms in total. The molecule has 0 aliphatic carbocycles. The number of aryl methyl sites for hydroxylation is 2. The summed E-state index contributed by atoms with van der Waals surface area (Å²) in [6, 6.07) is 6.04. The largest absolute Gasteiger partial charge is 0.416 e. The third-order valence-corrected chi connectivity index (χ3v) is 2.85. The number of hydrogen-bond donors (Lipinski definition) is 0. The van der Waals surface area contributed by atoms with Crippen molar-refractivity contribution in [2.75, 3.05) is 0 Å². The lowest BCUT2D eigenvalue weighted by Crippen LogP contribution is -2.07. The third kappa shape index (κ3) is 2.58. The molecular formula is C14H14F3N. The molecule has 1 heterocycles. The van der Waals surface area contributed by atoms with Crippen LogP contribution in [0.1, 0.15) is 23.6 Å². The van der Waals surface area contributed by atoms with Gasteiger partial charge in [0.25, 0.3) is 0 Å². The molecule has 0 aliphatic heterocycles. The van der Waals surface area contributed by atoms with Crippen LogP contribution in [0.2, 0.25) is 0 Å². The minimum absolute atomic E-state index is 0.551. The standard InChI is InChI=1S/C14H14F3N/c1-3-11-6-12(14(15,16)17)8-13(7-11)18-5-4-10(2)9-18/h4-9H,3H2,1-2H3. The van der Waals surface area contributed by atoms with Crippen molar-refractivity contribution in [1.29, 1.82) is 0 Å². The molecule has 0 N–H and O–H groups in total. The number of halogens is 3. The molecule has 0 saturated heterocycles. The van der Waals surface area contributed by atoms with E-state index in [2.05, 4.69) is 0 Å². The number of rotatable bonds is 2. The maximum absolute atomic E-state index is 12.8. The van der Waals surface area contributed by atoms with Crippen LogP contribution in [0.4, 0.5) is 13.2 Å². The Kier molecular flexibility index (Phi) is 3.20. The predicted octanol–water partition coefficient (Wildman–Crippen LogP) is 4.37. The Bertz CT molecular complexity index is 552. The molecule has 18 heavy (non-hydrogen) atoms. The first-order valence-corrected chi connectivity index (χ1v) is 5.76. The monoisotopic (exact) mass is 253 g/mol. The van der Waals surface area contributed by atoms with Gasteiger partial charge >= 0.3 is 6.18 Å². The molecular weight excluding hydrogens is 239 g/mol. The van der Waals surface area contributed by atoms with Gasteiger partial charge in [-0.05, 0) is 48.7 Å². The fourth-order valence-electron chi connectivity index (χ4n) is 1.85. The Labute approximate surface area is 104 Å². The summed E-state index contributed by atoms with van der Waals surface area (Å²) >= 11 is 0. The van der Waals surface area contributed by atoms with Crippen LogP contribution in [-0.2, 0) is 12.6 Å². The van der Waals surface area contributed by atoms with Gasteiger partial charge in [-0.3, -0.25) is 0 Å². The number of hydrogen-bond acceptors (Lipinski definition) is 0. The van der Waals surface area contributed by atoms with E-state index in [0.29, 0.717) is 17.7 Å². The number of benzene rings is 1. The highest BCUT2D eigenvalue weighted by Gasteiger charge is 2.31. The summed E-state index contributed by atoms with van der Waals surface area (Å²) in [5, 5.41) is 0. The maximum atomic E-state index is 12.8. The lowest BCUT2D eigenvalue weighted by atomic mass is 10.1. The van der Waals surface area contributed by atoms with Gasteiger partial charge in [0.2, 0.25) is 0 Å². The molecule has 1 aromatic heterocycles. The highest BCUT2D eigenvalue weighted by atomic mass is 19.4. The zero-order valence-corrected chi connectivity index (χ0v) is 10.3. The van der Waals surface area contributed by atoms with Gasteiger partial charge in [-0.25, -0.2) is 0 Å². The van der Waals surface area contributed by atoms with Gasteiger partial charge in [0.15, 0.2) is 0 Å². The first-order valence-electron chi connectivity index (χ1n) is 5.76. The molecule has 0 amide bonds. The van der Waals surface area contributed by atoms with Crippen molar-refractivity contribution in [2.45, 2.75) is 26.4 Å². The smallest absolute Gasteiger partial charge is 0.324 e. The van der Waals surface area contributed by atoms with Gasteiger partial charge in [-0.15, -0.1) is 0 Å². The van der Waals surface area contributed by atoms with Crippen molar-refractivity contribution in [3.63, 3.8) is 0 Å². The lowest BCUT2D eigenvalue weighted by Gasteiger charge is -2.12. The van der Waals surface area contributed by atoms with Gasteiger partial charge in [0.05, 0.1) is 5.56 Å². The molecule has 0 radical (unpaired) electrons. The van der Waals surface area contributed by atoms with E-state index in [4.69, 9.17) is 0 Å². The Morgan fingerprint density at radius 2 is 1.89 bits per heavy atom. The predicted molar refractivity (Wildman–Crippen MR) is 64.9 cm³/mol. The molecule has 2 rings (SSSR count). The molecule has 0 bridgehead atoms. The number of aromatic nitrogens is 1. The average molecular weight is 253 g/mol. The van der Waals surface area contributed by atoms with Crippen molar-refractivity contribution >= 4 is 0 Å². The summed E-state index contributed by atoms with van der Waals surface area (Å²) in [5.41, 5.74) is 1.66. The zero-order chi connectivity index (χ0) is 13.3. The van der Waals surface area contributed by atoms with E-state index >= 15 is 0 Å². The highest BCUT2D eigenvalue weighted by molar-refractivity contribution is 5.42. The normalized spacial score (nSPS) is 11.8. The van der Waals surface area contributed by atoms with E-state index in [1.807, 2.05) is 26.1 Å². The SMILES string of the molecule is CCc1cc(-n2ccc(C)c2)cc(C(F)(F)F)c1. The van der Waals surface area contributed by atoms with E-state index in [-0.39, 0.29) is 0 Å². The Balaban J connectivity index is 2.54. The fourth-order valence-corrected chi connectivity index (χ4v) is 1.85. The molecule has 0 atom stereocenters. The molecule has 1 aromatic carbocycles. The molecule has 0 fully saturated rings. The second-order valence-electron chi connectivity index (χ2n) is 4.34. The summed E-state index contributed by atoms with van der Waals surface area (Å²) in [6.45, 7) is 3.75. The van der Waals surface area contributed by atoms with Gasteiger partial charge in [-0.2, -0.15) is 13.2 Å². The van der Waals surface area contributed by atoms with Gasteiger partial charge in [-0.1, -0.05) is 6.92 Å². The summed E-state index contributed by atoms with van der Waals surface area (Å²) in [7, 11) is 0. The van der Waals surface area contributed by atoms with E-state index in [1.165, 1.54) is 12.1 Å². The summed E-state index contributed by atoms with van der Waals surface area (Å²) < 4.78 is 40.1. The topological polar surface area (TPSA) is 4.93 Å². The van der Waals surface area contributed by atoms with E-state index in [1.54, 1.807) is 16.8 Å². The molecule has 4 heteroatoms. The van der Waals surface area contributed by atoms with Crippen LogP contribution in [0.5, 0.6) is 0 Å². The van der Waals surface area contributed by atoms with Gasteiger partial charge in [0, 0.05) is 18.1 Å². The highest BCUT2D eigenvalue weighted by Crippen LogP contribution is 2.31. The Morgan fingerprint density at radius 3 is 2.39 bits per heavy atom. The van der Waals surface area contributed by atoms with Crippen molar-refractivity contribution < 1.29 is 13.2 Å². The van der Waals surface area contributed by atoms with Crippen LogP contribution in [0, 0.1) is 6.92 Å². The first-order chi connectivity index (χ1) is 8.40. The minimum atomic E-state index is -4.30. The van der Waals surface area contributed by atoms with E-state index in [0.717, 1.165) is 5.56 Å². The van der Waals surface area contributed by atoms with Crippen LogP contribution in [0.15, 0.2) is 36.7 Å². The number of nitrogens with zero attached hydrogens (tertiary/aromatic N) is 1. The molecule has 0 aliphatic rings. The second kappa shape index (κ2) is 4.52. The van der Waals surface area contributed by atoms with Gasteiger partial charge < -0.3 is 4.57 Å². The van der Waals surface area contributed by atoms with Crippen molar-refractivity contribution in [2.24, 2.45) is 0 Å². The van der Waals surface area contributed by atoms with Crippen LogP contribution < -0.4 is 0 Å². The minimum Gasteiger partial charge on any atom is -0.324 e. The van der Waals surface area contributed by atoms with Crippen molar-refractivity contribution in [3.8, 4) is 5.69 Å². The molecule has 96 valence electrons. The van der Waals surface area contributed by atoms with Crippen LogP contribution >= 0.6 is 0 Å². The summed E-state index contributed by atoms with van der Waals surface area (Å²) in [4.78, 5) is 0. The first kappa shape index (κ1) is 12.7. The van der Waals surface area contributed by atoms with Gasteiger partial charge in [0.1, 0.15) is 0 Å². The third-order valence-electron chi connectivity index (χ3n) is 2.85. The Morgan fingerprint density at radius 1 is 1.17 bits per heavy atom. The maximum Gasteiger partial charge on any atom is 0.416 e. The average Bonchev–Trinajstić information content (AvgIpc) is 2.74. The zero-order valence-electron chi connectivity index (χ0n) is 10.3. The molecule has 0 spiro atoms. The van der Waals surface area contributed by atoms with E-state index < -0.39 is 11.7 Å². The molecule has 0 unspecified atom stereocenters. The molecule has 2 aromatic rings. The van der Waals surface area contributed by atoms with Crippen LogP contribution in [0.3, 0.4) is 0 Å². The van der Waals surface area contributed by atoms with Crippen LogP contribution in [0.25, 0.3) is 5.69 Å². The van der Waals surface area contributed by atoms with Crippen molar-refractivity contribution in [1.82, 2.24) is 4.57 Å². The fraction of sp³-hybridized carbons (Fsp3) is 0.286. The number of alkyl halides is 3. The second-order valence-corrected chi connectivity index (χ2v) is 4.34. The Hall–Kier alpha value is -1.71.